The quantitative estimate of drug-likeness (QED) is 0.889. The highest BCUT2D eigenvalue weighted by atomic mass is 35.5. The zero-order valence-corrected chi connectivity index (χ0v) is 10.6. The van der Waals surface area contributed by atoms with Crippen molar-refractivity contribution in [3.63, 3.8) is 0 Å². The lowest BCUT2D eigenvalue weighted by atomic mass is 9.95. The van der Waals surface area contributed by atoms with E-state index in [9.17, 15) is 5.11 Å². The van der Waals surface area contributed by atoms with E-state index in [0.29, 0.717) is 11.4 Å². The monoisotopic (exact) mass is 262 g/mol. The van der Waals surface area contributed by atoms with E-state index in [2.05, 4.69) is 0 Å². The minimum atomic E-state index is -0.690. The molecule has 0 saturated heterocycles. The molecule has 0 radical (unpaired) electrons. The number of benzene rings is 2. The first-order valence-corrected chi connectivity index (χ1v) is 6.22. The summed E-state index contributed by atoms with van der Waals surface area (Å²) >= 11 is 5.83. The van der Waals surface area contributed by atoms with Crippen molar-refractivity contribution in [1.29, 1.82) is 0 Å². The highest BCUT2D eigenvalue weighted by Crippen LogP contribution is 2.26. The Hall–Kier alpha value is -1.35. The fourth-order valence-corrected chi connectivity index (χ4v) is 2.10. The fourth-order valence-electron chi connectivity index (χ4n) is 1.97. The van der Waals surface area contributed by atoms with Crippen LogP contribution in [0.1, 0.15) is 22.8 Å². The van der Waals surface area contributed by atoms with Crippen molar-refractivity contribution >= 4 is 11.6 Å². The highest BCUT2D eigenvalue weighted by molar-refractivity contribution is 6.30. The van der Waals surface area contributed by atoms with Crippen LogP contribution in [-0.4, -0.2) is 16.8 Å². The Bertz CT molecular complexity index is 508. The molecule has 0 aliphatic rings. The molecule has 2 aromatic carbocycles. The third kappa shape index (κ3) is 2.91. The van der Waals surface area contributed by atoms with Gasteiger partial charge in [0, 0.05) is 11.6 Å². The van der Waals surface area contributed by atoms with Crippen molar-refractivity contribution in [2.24, 2.45) is 0 Å². The van der Waals surface area contributed by atoms with Gasteiger partial charge in [0.25, 0.3) is 0 Å². The molecule has 0 saturated carbocycles. The highest BCUT2D eigenvalue weighted by Gasteiger charge is 2.13. The minimum absolute atomic E-state index is 0.0738. The Balaban J connectivity index is 2.33. The van der Waals surface area contributed by atoms with Crippen LogP contribution in [0.3, 0.4) is 0 Å². The third-order valence-electron chi connectivity index (χ3n) is 2.92. The number of aliphatic hydroxyl groups excluding tert-OH is 2. The van der Waals surface area contributed by atoms with E-state index in [1.807, 2.05) is 36.4 Å². The van der Waals surface area contributed by atoms with Crippen molar-refractivity contribution in [3.8, 4) is 0 Å². The summed E-state index contributed by atoms with van der Waals surface area (Å²) in [5.74, 6) is 0. The van der Waals surface area contributed by atoms with E-state index in [1.165, 1.54) is 0 Å². The predicted molar refractivity (Wildman–Crippen MR) is 72.7 cm³/mol. The average molecular weight is 263 g/mol. The Morgan fingerprint density at radius 2 is 1.67 bits per heavy atom. The first-order chi connectivity index (χ1) is 8.72. The van der Waals surface area contributed by atoms with Crippen LogP contribution in [0.4, 0.5) is 0 Å². The van der Waals surface area contributed by atoms with Crippen LogP contribution >= 0.6 is 11.6 Å². The molecule has 2 N–H and O–H groups in total. The number of halogens is 1. The van der Waals surface area contributed by atoms with E-state index in [0.717, 1.165) is 16.7 Å². The van der Waals surface area contributed by atoms with E-state index < -0.39 is 6.10 Å². The summed E-state index contributed by atoms with van der Waals surface area (Å²) in [6.45, 7) is 0.0738. The molecule has 1 unspecified atom stereocenters. The lowest BCUT2D eigenvalue weighted by Gasteiger charge is -2.15. The van der Waals surface area contributed by atoms with Gasteiger partial charge in [-0.25, -0.2) is 0 Å². The van der Waals surface area contributed by atoms with Crippen molar-refractivity contribution in [1.82, 2.24) is 0 Å². The third-order valence-corrected chi connectivity index (χ3v) is 3.17. The zero-order chi connectivity index (χ0) is 13.0. The molecular formula is C15H15ClO2. The van der Waals surface area contributed by atoms with Crippen LogP contribution < -0.4 is 0 Å². The summed E-state index contributed by atoms with van der Waals surface area (Å²) in [6, 6.07) is 14.7. The SMILES string of the molecule is OCCc1ccccc1C(O)c1ccc(Cl)cc1. The van der Waals surface area contributed by atoms with Gasteiger partial charge in [0.2, 0.25) is 0 Å². The summed E-state index contributed by atoms with van der Waals surface area (Å²) in [7, 11) is 0. The van der Waals surface area contributed by atoms with Crippen molar-refractivity contribution in [3.05, 3.63) is 70.2 Å². The lowest BCUT2D eigenvalue weighted by molar-refractivity contribution is 0.218. The second-order valence-corrected chi connectivity index (χ2v) is 4.56. The van der Waals surface area contributed by atoms with Crippen LogP contribution in [0.25, 0.3) is 0 Å². The maximum Gasteiger partial charge on any atom is 0.104 e. The summed E-state index contributed by atoms with van der Waals surface area (Å²) in [6.07, 6.45) is -0.147. The molecular weight excluding hydrogens is 248 g/mol. The Morgan fingerprint density at radius 1 is 1.00 bits per heavy atom. The fraction of sp³-hybridized carbons (Fsp3) is 0.200. The molecule has 2 aromatic rings. The molecule has 0 aromatic heterocycles. The minimum Gasteiger partial charge on any atom is -0.396 e. The van der Waals surface area contributed by atoms with Gasteiger partial charge in [0.15, 0.2) is 0 Å². The van der Waals surface area contributed by atoms with E-state index in [4.69, 9.17) is 16.7 Å². The van der Waals surface area contributed by atoms with Crippen molar-refractivity contribution in [2.45, 2.75) is 12.5 Å². The van der Waals surface area contributed by atoms with Gasteiger partial charge in [-0.2, -0.15) is 0 Å². The van der Waals surface area contributed by atoms with E-state index in [1.54, 1.807) is 12.1 Å². The molecule has 18 heavy (non-hydrogen) atoms. The van der Waals surface area contributed by atoms with Gasteiger partial charge in [-0.05, 0) is 35.2 Å². The summed E-state index contributed by atoms with van der Waals surface area (Å²) in [4.78, 5) is 0. The molecule has 0 fully saturated rings. The summed E-state index contributed by atoms with van der Waals surface area (Å²) in [5.41, 5.74) is 2.58. The molecule has 0 aliphatic heterocycles. The van der Waals surface area contributed by atoms with E-state index >= 15 is 0 Å². The second-order valence-electron chi connectivity index (χ2n) is 4.13. The summed E-state index contributed by atoms with van der Waals surface area (Å²) in [5, 5.41) is 20.0. The van der Waals surface area contributed by atoms with Gasteiger partial charge in [-0.15, -0.1) is 0 Å². The normalized spacial score (nSPS) is 12.4. The largest absolute Gasteiger partial charge is 0.396 e. The van der Waals surface area contributed by atoms with Gasteiger partial charge in [-0.1, -0.05) is 48.0 Å². The smallest absolute Gasteiger partial charge is 0.104 e. The van der Waals surface area contributed by atoms with Gasteiger partial charge in [-0.3, -0.25) is 0 Å². The predicted octanol–water partition coefficient (Wildman–Crippen LogP) is 2.96. The van der Waals surface area contributed by atoms with Crippen LogP contribution in [0.5, 0.6) is 0 Å². The molecule has 0 aliphatic carbocycles. The number of hydrogen-bond donors (Lipinski definition) is 2. The average Bonchev–Trinajstić information content (AvgIpc) is 2.40. The molecule has 0 spiro atoms. The number of rotatable bonds is 4. The number of aliphatic hydroxyl groups is 2. The van der Waals surface area contributed by atoms with Crippen molar-refractivity contribution in [2.75, 3.05) is 6.61 Å². The van der Waals surface area contributed by atoms with Gasteiger partial charge >= 0.3 is 0 Å². The van der Waals surface area contributed by atoms with Gasteiger partial charge in [0.05, 0.1) is 0 Å². The lowest BCUT2D eigenvalue weighted by Crippen LogP contribution is -2.05. The zero-order valence-electron chi connectivity index (χ0n) is 9.88. The standard InChI is InChI=1S/C15H15ClO2/c16-13-7-5-12(6-8-13)15(18)14-4-2-1-3-11(14)9-10-17/h1-8,15,17-18H,9-10H2. The first-order valence-electron chi connectivity index (χ1n) is 5.84. The molecule has 0 bridgehead atoms. The molecule has 2 rings (SSSR count). The molecule has 94 valence electrons. The van der Waals surface area contributed by atoms with Gasteiger partial charge < -0.3 is 10.2 Å². The van der Waals surface area contributed by atoms with E-state index in [-0.39, 0.29) is 6.61 Å². The number of hydrogen-bond acceptors (Lipinski definition) is 2. The van der Waals surface area contributed by atoms with Crippen LogP contribution in [0.2, 0.25) is 5.02 Å². The topological polar surface area (TPSA) is 40.5 Å². The van der Waals surface area contributed by atoms with Gasteiger partial charge in [0.1, 0.15) is 6.10 Å². The Morgan fingerprint density at radius 3 is 2.33 bits per heavy atom. The van der Waals surface area contributed by atoms with Crippen molar-refractivity contribution < 1.29 is 10.2 Å². The first kappa shape index (κ1) is 13.1. The van der Waals surface area contributed by atoms with Crippen LogP contribution in [0, 0.1) is 0 Å². The molecule has 3 heteroatoms. The second kappa shape index (κ2) is 6.01. The molecule has 2 nitrogen and oxygen atoms in total. The summed E-state index contributed by atoms with van der Waals surface area (Å²) < 4.78 is 0. The molecule has 0 heterocycles. The van der Waals surface area contributed by atoms with Crippen LogP contribution in [-0.2, 0) is 6.42 Å². The molecule has 0 amide bonds. The Kier molecular flexibility index (Phi) is 4.37. The molecule has 1 atom stereocenters. The van der Waals surface area contributed by atoms with Crippen LogP contribution in [0.15, 0.2) is 48.5 Å². The maximum absolute atomic E-state index is 10.4. The Labute approximate surface area is 111 Å². The maximum atomic E-state index is 10.4.